The van der Waals surface area contributed by atoms with Crippen molar-refractivity contribution in [1.29, 1.82) is 0 Å². The fourth-order valence-electron chi connectivity index (χ4n) is 4.26. The summed E-state index contributed by atoms with van der Waals surface area (Å²) in [6.45, 7) is 3.19. The van der Waals surface area contributed by atoms with Crippen LogP contribution in [0.25, 0.3) is 10.9 Å². The van der Waals surface area contributed by atoms with Crippen molar-refractivity contribution in [3.63, 3.8) is 0 Å². The molecule has 0 bridgehead atoms. The third kappa shape index (κ3) is 6.32. The monoisotopic (exact) mass is 505 g/mol. The second kappa shape index (κ2) is 11.9. The van der Waals surface area contributed by atoms with Gasteiger partial charge in [0.15, 0.2) is 0 Å². The molecule has 0 unspecified atom stereocenters. The smallest absolute Gasteiger partial charge is 0.254 e. The van der Waals surface area contributed by atoms with Crippen molar-refractivity contribution in [1.82, 2.24) is 14.8 Å². The SMILES string of the molecule is CCCN(CC(=O)N(CCc1c[nH]c2ccccc12)Cc1ccc(F)cc1)C(=O)c1ccc(Cl)cc1. The Balaban J connectivity index is 1.53. The van der Waals surface area contributed by atoms with Gasteiger partial charge in [0.2, 0.25) is 5.91 Å². The highest BCUT2D eigenvalue weighted by molar-refractivity contribution is 6.30. The van der Waals surface area contributed by atoms with Crippen LogP contribution in [0, 0.1) is 5.82 Å². The van der Waals surface area contributed by atoms with Crippen LogP contribution in [0.2, 0.25) is 5.02 Å². The highest BCUT2D eigenvalue weighted by Gasteiger charge is 2.22. The molecule has 0 aliphatic heterocycles. The molecule has 3 aromatic carbocycles. The van der Waals surface area contributed by atoms with Gasteiger partial charge in [0, 0.05) is 47.3 Å². The van der Waals surface area contributed by atoms with E-state index in [-0.39, 0.29) is 24.2 Å². The number of para-hydroxylation sites is 1. The minimum atomic E-state index is -0.321. The first-order valence-corrected chi connectivity index (χ1v) is 12.4. The number of nitrogens with one attached hydrogen (secondary N) is 1. The van der Waals surface area contributed by atoms with Crippen LogP contribution in [-0.2, 0) is 17.8 Å². The number of H-pyrrole nitrogens is 1. The number of amides is 2. The molecule has 4 rings (SSSR count). The summed E-state index contributed by atoms with van der Waals surface area (Å²) in [5, 5.41) is 1.67. The molecule has 1 heterocycles. The number of fused-ring (bicyclic) bond motifs is 1. The zero-order valence-electron chi connectivity index (χ0n) is 20.2. The summed E-state index contributed by atoms with van der Waals surface area (Å²) in [6.07, 6.45) is 3.34. The normalized spacial score (nSPS) is 11.0. The van der Waals surface area contributed by atoms with Gasteiger partial charge in [-0.05, 0) is 66.4 Å². The molecule has 1 N–H and O–H groups in total. The Labute approximate surface area is 215 Å². The van der Waals surface area contributed by atoms with E-state index in [0.29, 0.717) is 36.6 Å². The molecule has 7 heteroatoms. The standard InChI is InChI=1S/C29H29ClFN3O2/c1-2-16-34(29(36)22-9-11-24(30)12-10-22)20-28(35)33(19-21-7-13-25(31)14-8-21)17-15-23-18-32-27-6-4-3-5-26(23)27/h3-14,18,32H,2,15-17,19-20H2,1H3. The second-order valence-electron chi connectivity index (χ2n) is 8.78. The lowest BCUT2D eigenvalue weighted by Gasteiger charge is -2.28. The first-order chi connectivity index (χ1) is 17.4. The first kappa shape index (κ1) is 25.5. The summed E-state index contributed by atoms with van der Waals surface area (Å²) < 4.78 is 13.5. The maximum absolute atomic E-state index is 13.5. The number of benzene rings is 3. The van der Waals surface area contributed by atoms with Gasteiger partial charge in [0.05, 0.1) is 0 Å². The lowest BCUT2D eigenvalue weighted by molar-refractivity contribution is -0.132. The minimum Gasteiger partial charge on any atom is -0.361 e. The van der Waals surface area contributed by atoms with Gasteiger partial charge in [-0.25, -0.2) is 4.39 Å². The van der Waals surface area contributed by atoms with Crippen LogP contribution >= 0.6 is 11.6 Å². The lowest BCUT2D eigenvalue weighted by atomic mass is 10.1. The molecule has 1 aromatic heterocycles. The van der Waals surface area contributed by atoms with E-state index < -0.39 is 0 Å². The molecule has 0 saturated carbocycles. The Morgan fingerprint density at radius 3 is 2.36 bits per heavy atom. The van der Waals surface area contributed by atoms with E-state index in [0.717, 1.165) is 28.5 Å². The number of aromatic amines is 1. The largest absolute Gasteiger partial charge is 0.361 e. The van der Waals surface area contributed by atoms with Gasteiger partial charge in [-0.1, -0.05) is 48.9 Å². The molecule has 0 fully saturated rings. The van der Waals surface area contributed by atoms with Crippen LogP contribution in [0.1, 0.15) is 34.8 Å². The predicted molar refractivity (Wildman–Crippen MR) is 141 cm³/mol. The Hall–Kier alpha value is -3.64. The maximum Gasteiger partial charge on any atom is 0.254 e. The van der Waals surface area contributed by atoms with Crippen LogP contribution < -0.4 is 0 Å². The number of hydrogen-bond acceptors (Lipinski definition) is 2. The molecule has 0 saturated heterocycles. The molecule has 2 amide bonds. The van der Waals surface area contributed by atoms with Crippen molar-refractivity contribution in [2.45, 2.75) is 26.3 Å². The van der Waals surface area contributed by atoms with Gasteiger partial charge in [0.1, 0.15) is 12.4 Å². The first-order valence-electron chi connectivity index (χ1n) is 12.1. The average molecular weight is 506 g/mol. The Morgan fingerprint density at radius 1 is 0.917 bits per heavy atom. The van der Waals surface area contributed by atoms with E-state index in [1.54, 1.807) is 46.2 Å². The average Bonchev–Trinajstić information content (AvgIpc) is 3.30. The van der Waals surface area contributed by atoms with Crippen molar-refractivity contribution < 1.29 is 14.0 Å². The van der Waals surface area contributed by atoms with Crippen LogP contribution in [0.5, 0.6) is 0 Å². The van der Waals surface area contributed by atoms with Crippen LogP contribution in [0.3, 0.4) is 0 Å². The van der Waals surface area contributed by atoms with Gasteiger partial charge in [-0.15, -0.1) is 0 Å². The van der Waals surface area contributed by atoms with E-state index in [9.17, 15) is 14.0 Å². The zero-order valence-corrected chi connectivity index (χ0v) is 21.0. The van der Waals surface area contributed by atoms with E-state index in [1.807, 2.05) is 31.3 Å². The summed E-state index contributed by atoms with van der Waals surface area (Å²) in [4.78, 5) is 33.3. The van der Waals surface area contributed by atoms with Crippen molar-refractivity contribution in [3.8, 4) is 0 Å². The van der Waals surface area contributed by atoms with Crippen molar-refractivity contribution in [2.75, 3.05) is 19.6 Å². The van der Waals surface area contributed by atoms with E-state index >= 15 is 0 Å². The second-order valence-corrected chi connectivity index (χ2v) is 9.22. The van der Waals surface area contributed by atoms with Crippen molar-refractivity contribution in [2.24, 2.45) is 0 Å². The highest BCUT2D eigenvalue weighted by atomic mass is 35.5. The predicted octanol–water partition coefficient (Wildman–Crippen LogP) is 6.08. The summed E-state index contributed by atoms with van der Waals surface area (Å²) in [6, 6.07) is 20.9. The van der Waals surface area contributed by atoms with Gasteiger partial charge >= 0.3 is 0 Å². The van der Waals surface area contributed by atoms with E-state index in [4.69, 9.17) is 11.6 Å². The molecule has 5 nitrogen and oxygen atoms in total. The van der Waals surface area contributed by atoms with Gasteiger partial charge in [-0.2, -0.15) is 0 Å². The van der Waals surface area contributed by atoms with Crippen LogP contribution in [0.4, 0.5) is 4.39 Å². The van der Waals surface area contributed by atoms with Gasteiger partial charge < -0.3 is 14.8 Å². The number of carbonyl (C=O) groups is 2. The molecule has 0 spiro atoms. The third-order valence-electron chi connectivity index (χ3n) is 6.16. The molecule has 186 valence electrons. The van der Waals surface area contributed by atoms with Gasteiger partial charge in [0.25, 0.3) is 5.91 Å². The number of carbonyl (C=O) groups excluding carboxylic acids is 2. The Bertz CT molecular complexity index is 1320. The third-order valence-corrected chi connectivity index (χ3v) is 6.42. The van der Waals surface area contributed by atoms with Gasteiger partial charge in [-0.3, -0.25) is 9.59 Å². The van der Waals surface area contributed by atoms with Crippen LogP contribution in [-0.4, -0.2) is 46.2 Å². The van der Waals surface area contributed by atoms with E-state index in [1.165, 1.54) is 12.1 Å². The fourth-order valence-corrected chi connectivity index (χ4v) is 4.38. The fraction of sp³-hybridized carbons (Fsp3) is 0.241. The Morgan fingerprint density at radius 2 is 1.64 bits per heavy atom. The number of nitrogens with zero attached hydrogens (tertiary/aromatic N) is 2. The molecule has 0 atom stereocenters. The molecule has 4 aromatic rings. The van der Waals surface area contributed by atoms with Crippen molar-refractivity contribution in [3.05, 3.63) is 107 Å². The van der Waals surface area contributed by atoms with Crippen molar-refractivity contribution >= 4 is 34.3 Å². The molecule has 36 heavy (non-hydrogen) atoms. The summed E-state index contributed by atoms with van der Waals surface area (Å²) in [5.74, 6) is -0.687. The summed E-state index contributed by atoms with van der Waals surface area (Å²) in [5.41, 5.74) is 3.48. The molecule has 0 radical (unpaired) electrons. The number of aromatic nitrogens is 1. The topological polar surface area (TPSA) is 56.4 Å². The highest BCUT2D eigenvalue weighted by Crippen LogP contribution is 2.19. The molecule has 0 aliphatic rings. The maximum atomic E-state index is 13.5. The molecular weight excluding hydrogens is 477 g/mol. The quantitative estimate of drug-likeness (QED) is 0.284. The number of halogens is 2. The van der Waals surface area contributed by atoms with E-state index in [2.05, 4.69) is 11.1 Å². The number of hydrogen-bond donors (Lipinski definition) is 1. The molecule has 0 aliphatic carbocycles. The number of rotatable bonds is 10. The summed E-state index contributed by atoms with van der Waals surface area (Å²) >= 11 is 5.97. The lowest BCUT2D eigenvalue weighted by Crippen LogP contribution is -2.43. The summed E-state index contributed by atoms with van der Waals surface area (Å²) in [7, 11) is 0. The van der Waals surface area contributed by atoms with Crippen LogP contribution in [0.15, 0.2) is 79.0 Å². The zero-order chi connectivity index (χ0) is 25.5. The molecular formula is C29H29ClFN3O2. The minimum absolute atomic E-state index is 0.0373. The Kier molecular flexibility index (Phi) is 8.39.